The van der Waals surface area contributed by atoms with E-state index in [4.69, 9.17) is 4.74 Å². The number of benzene rings is 1. The summed E-state index contributed by atoms with van der Waals surface area (Å²) in [5, 5.41) is 11.4. The Morgan fingerprint density at radius 2 is 2.20 bits per heavy atom. The topological polar surface area (TPSA) is 64.1 Å². The number of rotatable bonds is 7. The number of ether oxygens (including phenoxy) is 1. The van der Waals surface area contributed by atoms with Crippen molar-refractivity contribution in [3.63, 3.8) is 0 Å². The summed E-state index contributed by atoms with van der Waals surface area (Å²) in [4.78, 5) is 12.4. The molecular weight excluding hydrogens is 354 g/mol. The third-order valence-electron chi connectivity index (χ3n) is 4.09. The summed E-state index contributed by atoms with van der Waals surface area (Å²) in [6, 6.07) is 6.12. The van der Waals surface area contributed by atoms with Gasteiger partial charge in [0.05, 0.1) is 0 Å². The summed E-state index contributed by atoms with van der Waals surface area (Å²) >= 11 is 3.06. The highest BCUT2D eigenvalue weighted by atomic mass is 32.2. The summed E-state index contributed by atoms with van der Waals surface area (Å²) < 4.78 is 6.84. The maximum absolute atomic E-state index is 12.4. The Kier molecular flexibility index (Phi) is 6.31. The summed E-state index contributed by atoms with van der Waals surface area (Å²) in [5.41, 5.74) is 2.60. The number of carbonyl (C=O) groups excluding carboxylic acids is 1. The van der Waals surface area contributed by atoms with Crippen LogP contribution in [0.4, 0.5) is 5.13 Å². The highest BCUT2D eigenvalue weighted by molar-refractivity contribution is 8.01. The number of aryl methyl sites for hydroxylation is 1. The van der Waals surface area contributed by atoms with Crippen molar-refractivity contribution in [2.45, 2.75) is 56.4 Å². The molecule has 1 aromatic heterocycles. The van der Waals surface area contributed by atoms with Crippen LogP contribution in [0, 0.1) is 0 Å². The van der Waals surface area contributed by atoms with E-state index in [0.717, 1.165) is 35.1 Å². The molecule has 1 heterocycles. The lowest BCUT2D eigenvalue weighted by Gasteiger charge is -2.21. The van der Waals surface area contributed by atoms with Crippen LogP contribution in [0.3, 0.4) is 0 Å². The Morgan fingerprint density at radius 3 is 3.04 bits per heavy atom. The summed E-state index contributed by atoms with van der Waals surface area (Å²) in [6.07, 6.45) is 5.02. The fraction of sp³-hybridized carbons (Fsp3) is 0.500. The van der Waals surface area contributed by atoms with E-state index in [1.807, 2.05) is 12.1 Å². The van der Waals surface area contributed by atoms with E-state index in [1.165, 1.54) is 35.3 Å². The molecule has 0 fully saturated rings. The number of hydrogen-bond acceptors (Lipinski definition) is 6. The highest BCUT2D eigenvalue weighted by Gasteiger charge is 2.20. The van der Waals surface area contributed by atoms with Gasteiger partial charge in [0.1, 0.15) is 5.75 Å². The number of fused-ring (bicyclic) bond motifs is 1. The molecule has 134 valence electrons. The largest absolute Gasteiger partial charge is 0.481 e. The van der Waals surface area contributed by atoms with Crippen LogP contribution in [-0.2, 0) is 17.6 Å². The van der Waals surface area contributed by atoms with Crippen molar-refractivity contribution < 1.29 is 9.53 Å². The number of aromatic nitrogens is 2. The monoisotopic (exact) mass is 377 g/mol. The Balaban J connectivity index is 1.60. The van der Waals surface area contributed by atoms with Gasteiger partial charge in [0.2, 0.25) is 5.13 Å². The lowest BCUT2D eigenvalue weighted by Crippen LogP contribution is -2.30. The lowest BCUT2D eigenvalue weighted by atomic mass is 9.91. The molecule has 5 nitrogen and oxygen atoms in total. The van der Waals surface area contributed by atoms with Gasteiger partial charge in [0.25, 0.3) is 5.91 Å². The van der Waals surface area contributed by atoms with Crippen LogP contribution in [0.2, 0.25) is 0 Å². The molecule has 0 saturated carbocycles. The molecule has 0 unspecified atom stereocenters. The number of nitrogens with one attached hydrogen (secondary N) is 1. The Hall–Kier alpha value is -1.60. The van der Waals surface area contributed by atoms with E-state index in [1.54, 1.807) is 18.7 Å². The zero-order valence-corrected chi connectivity index (χ0v) is 16.2. The minimum atomic E-state index is -0.580. The van der Waals surface area contributed by atoms with Crippen molar-refractivity contribution in [2.24, 2.45) is 0 Å². The summed E-state index contributed by atoms with van der Waals surface area (Å²) in [6.45, 7) is 3.89. The maximum Gasteiger partial charge on any atom is 0.266 e. The van der Waals surface area contributed by atoms with Crippen molar-refractivity contribution in [3.05, 3.63) is 29.3 Å². The van der Waals surface area contributed by atoms with Crippen molar-refractivity contribution in [1.82, 2.24) is 10.2 Å². The van der Waals surface area contributed by atoms with Crippen LogP contribution in [0.5, 0.6) is 5.75 Å². The van der Waals surface area contributed by atoms with E-state index in [9.17, 15) is 4.79 Å². The molecule has 0 bridgehead atoms. The van der Waals surface area contributed by atoms with Crippen LogP contribution in [0.1, 0.15) is 44.2 Å². The Morgan fingerprint density at radius 1 is 1.36 bits per heavy atom. The zero-order valence-electron chi connectivity index (χ0n) is 14.6. The van der Waals surface area contributed by atoms with E-state index in [-0.39, 0.29) is 5.91 Å². The van der Waals surface area contributed by atoms with Crippen LogP contribution in [0.15, 0.2) is 22.5 Å². The molecule has 0 radical (unpaired) electrons. The molecule has 1 aliphatic rings. The second-order valence-electron chi connectivity index (χ2n) is 6.07. The molecule has 0 saturated heterocycles. The average molecular weight is 378 g/mol. The van der Waals surface area contributed by atoms with Gasteiger partial charge in [-0.25, -0.2) is 0 Å². The highest BCUT2D eigenvalue weighted by Crippen LogP contribution is 2.30. The molecule has 1 atom stereocenters. The SMILES string of the molecule is CCCSc1nnc(NC(=O)[C@@H](C)Oc2cccc3c2CCCC3)s1. The number of thioether (sulfide) groups is 1. The predicted octanol–water partition coefficient (Wildman–Crippen LogP) is 4.33. The van der Waals surface area contributed by atoms with Gasteiger partial charge in [-0.3, -0.25) is 10.1 Å². The summed E-state index contributed by atoms with van der Waals surface area (Å²) in [7, 11) is 0. The molecule has 25 heavy (non-hydrogen) atoms. The first kappa shape index (κ1) is 18.2. The predicted molar refractivity (Wildman–Crippen MR) is 103 cm³/mol. The lowest BCUT2D eigenvalue weighted by molar-refractivity contribution is -0.122. The quantitative estimate of drug-likeness (QED) is 0.575. The number of carbonyl (C=O) groups is 1. The fourth-order valence-electron chi connectivity index (χ4n) is 2.82. The minimum absolute atomic E-state index is 0.198. The molecule has 2 aromatic rings. The van der Waals surface area contributed by atoms with Gasteiger partial charge in [-0.05, 0) is 56.2 Å². The van der Waals surface area contributed by atoms with Crippen LogP contribution < -0.4 is 10.1 Å². The van der Waals surface area contributed by atoms with E-state index in [0.29, 0.717) is 5.13 Å². The summed E-state index contributed by atoms with van der Waals surface area (Å²) in [5.74, 6) is 1.63. The van der Waals surface area contributed by atoms with E-state index < -0.39 is 6.10 Å². The second-order valence-corrected chi connectivity index (χ2v) is 8.39. The normalized spacial score (nSPS) is 14.6. The molecule has 1 aromatic carbocycles. The number of hydrogen-bond donors (Lipinski definition) is 1. The molecule has 3 rings (SSSR count). The number of anilines is 1. The Bertz CT molecular complexity index is 733. The van der Waals surface area contributed by atoms with Gasteiger partial charge in [-0.2, -0.15) is 0 Å². The number of nitrogens with zero attached hydrogens (tertiary/aromatic N) is 2. The second kappa shape index (κ2) is 8.67. The van der Waals surface area contributed by atoms with Gasteiger partial charge in [0.15, 0.2) is 10.4 Å². The molecule has 0 spiro atoms. The molecule has 1 N–H and O–H groups in total. The Labute approximate surface area is 156 Å². The fourth-order valence-corrected chi connectivity index (χ4v) is 4.50. The van der Waals surface area contributed by atoms with Gasteiger partial charge in [0, 0.05) is 5.75 Å². The van der Waals surface area contributed by atoms with Crippen molar-refractivity contribution >= 4 is 34.1 Å². The zero-order chi connectivity index (χ0) is 17.6. The van der Waals surface area contributed by atoms with Crippen LogP contribution >= 0.6 is 23.1 Å². The minimum Gasteiger partial charge on any atom is -0.481 e. The molecule has 1 aliphatic carbocycles. The van der Waals surface area contributed by atoms with Crippen molar-refractivity contribution in [2.75, 3.05) is 11.1 Å². The third-order valence-corrected chi connectivity index (χ3v) is 6.27. The smallest absolute Gasteiger partial charge is 0.266 e. The first-order valence-corrected chi connectivity index (χ1v) is 10.5. The van der Waals surface area contributed by atoms with E-state index >= 15 is 0 Å². The molecule has 1 amide bonds. The van der Waals surface area contributed by atoms with Gasteiger partial charge in [-0.15, -0.1) is 10.2 Å². The van der Waals surface area contributed by atoms with Crippen LogP contribution in [0.25, 0.3) is 0 Å². The van der Waals surface area contributed by atoms with Crippen LogP contribution in [-0.4, -0.2) is 28.0 Å². The third kappa shape index (κ3) is 4.73. The van der Waals surface area contributed by atoms with Gasteiger partial charge < -0.3 is 4.74 Å². The average Bonchev–Trinajstić information content (AvgIpc) is 3.07. The number of amides is 1. The maximum atomic E-state index is 12.4. The first-order valence-electron chi connectivity index (χ1n) is 8.72. The van der Waals surface area contributed by atoms with Crippen molar-refractivity contribution in [3.8, 4) is 5.75 Å². The standard InChI is InChI=1S/C18H23N3O2S2/c1-3-11-24-18-21-20-17(25-18)19-16(22)12(2)23-15-10-6-8-13-7-4-5-9-14(13)15/h6,8,10,12H,3-5,7,9,11H2,1-2H3,(H,19,20,22)/t12-/m1/s1. The van der Waals surface area contributed by atoms with E-state index in [2.05, 4.69) is 28.5 Å². The van der Waals surface area contributed by atoms with Gasteiger partial charge >= 0.3 is 0 Å². The first-order chi connectivity index (χ1) is 12.2. The van der Waals surface area contributed by atoms with Gasteiger partial charge in [-0.1, -0.05) is 42.2 Å². The molecule has 7 heteroatoms. The molecular formula is C18H23N3O2S2. The van der Waals surface area contributed by atoms with Crippen molar-refractivity contribution in [1.29, 1.82) is 0 Å². The molecule has 0 aliphatic heterocycles.